The van der Waals surface area contributed by atoms with Crippen molar-refractivity contribution in [2.45, 2.75) is 70.9 Å². The van der Waals surface area contributed by atoms with Gasteiger partial charge in [-0.15, -0.1) is 0 Å². The topological polar surface area (TPSA) is 102 Å². The summed E-state index contributed by atoms with van der Waals surface area (Å²) in [6.45, 7) is 11.2. The monoisotopic (exact) mass is 537 g/mol. The standard InChI is InChI=1S/C29H43N7O3/c1-6-35-16-9-12-23(35)19-31-28(38)21-13-14-24(25(18-21)39-5)32-29(30-3)33-27-20(2)34(4)26(37)15-17-36(27)22-10-7-8-11-22/h13-14,18,22-23H,3,6-12,15-17,19H2,1-2,4-5H3,(H,31,38)(H,32,33). The Morgan fingerprint density at radius 2 is 1.95 bits per heavy atom. The lowest BCUT2D eigenvalue weighted by Crippen LogP contribution is -2.40. The van der Waals surface area contributed by atoms with Gasteiger partial charge in [0.25, 0.3) is 5.91 Å². The second-order valence-electron chi connectivity index (χ2n) is 10.5. The van der Waals surface area contributed by atoms with E-state index in [1.54, 1.807) is 37.3 Å². The number of rotatable bonds is 8. The van der Waals surface area contributed by atoms with Crippen LogP contribution in [0, 0.1) is 0 Å². The van der Waals surface area contributed by atoms with Crippen molar-refractivity contribution in [2.75, 3.05) is 45.7 Å². The Morgan fingerprint density at radius 1 is 1.18 bits per heavy atom. The number of carbonyl (C=O) groups excluding carboxylic acids is 2. The van der Waals surface area contributed by atoms with Crippen molar-refractivity contribution in [1.29, 1.82) is 0 Å². The van der Waals surface area contributed by atoms with Crippen LogP contribution in [0.5, 0.6) is 5.75 Å². The zero-order valence-electron chi connectivity index (χ0n) is 23.8. The van der Waals surface area contributed by atoms with E-state index >= 15 is 0 Å². The largest absolute Gasteiger partial charge is 0.495 e. The lowest BCUT2D eigenvalue weighted by molar-refractivity contribution is -0.127. The number of ether oxygens (including phenoxy) is 1. The molecule has 2 N–H and O–H groups in total. The Kier molecular flexibility index (Phi) is 9.61. The van der Waals surface area contributed by atoms with E-state index in [-0.39, 0.29) is 11.8 Å². The molecule has 10 heteroatoms. The third-order valence-electron chi connectivity index (χ3n) is 8.28. The molecule has 39 heavy (non-hydrogen) atoms. The van der Waals surface area contributed by atoms with Crippen molar-refractivity contribution in [2.24, 2.45) is 9.98 Å². The van der Waals surface area contributed by atoms with Gasteiger partial charge in [-0.3, -0.25) is 14.5 Å². The highest BCUT2D eigenvalue weighted by Crippen LogP contribution is 2.31. The molecule has 0 aromatic heterocycles. The summed E-state index contributed by atoms with van der Waals surface area (Å²) in [5.41, 5.74) is 1.94. The molecule has 1 atom stereocenters. The summed E-state index contributed by atoms with van der Waals surface area (Å²) >= 11 is 0. The van der Waals surface area contributed by atoms with Gasteiger partial charge >= 0.3 is 0 Å². The van der Waals surface area contributed by atoms with Gasteiger partial charge in [0.05, 0.1) is 18.5 Å². The molecule has 1 aromatic carbocycles. The predicted molar refractivity (Wildman–Crippen MR) is 155 cm³/mol. The summed E-state index contributed by atoms with van der Waals surface area (Å²) in [5.74, 6) is 1.48. The SMILES string of the molecule is C=N/C(=N\C1=C(C)N(C)C(=O)CCN1C1CCCC1)Nc1ccc(C(=O)NCC2CCCN2CC)cc1OC. The van der Waals surface area contributed by atoms with Crippen LogP contribution in [0.2, 0.25) is 0 Å². The third kappa shape index (κ3) is 6.61. The van der Waals surface area contributed by atoms with E-state index in [1.807, 2.05) is 6.92 Å². The van der Waals surface area contributed by atoms with Crippen LogP contribution in [0.1, 0.15) is 69.2 Å². The molecule has 2 fully saturated rings. The van der Waals surface area contributed by atoms with Crippen LogP contribution < -0.4 is 15.4 Å². The van der Waals surface area contributed by atoms with Gasteiger partial charge in [0, 0.05) is 44.2 Å². The highest BCUT2D eigenvalue weighted by atomic mass is 16.5. The second-order valence-corrected chi connectivity index (χ2v) is 10.5. The maximum absolute atomic E-state index is 12.9. The number of allylic oxidation sites excluding steroid dienone is 1. The minimum absolute atomic E-state index is 0.0765. The molecule has 1 saturated carbocycles. The van der Waals surface area contributed by atoms with Crippen molar-refractivity contribution in [3.63, 3.8) is 0 Å². The van der Waals surface area contributed by atoms with Crippen molar-refractivity contribution in [1.82, 2.24) is 20.0 Å². The zero-order valence-corrected chi connectivity index (χ0v) is 23.8. The maximum Gasteiger partial charge on any atom is 0.251 e. The Labute approximate surface area is 232 Å². The first-order valence-electron chi connectivity index (χ1n) is 14.1. The maximum atomic E-state index is 12.9. The van der Waals surface area contributed by atoms with E-state index in [1.165, 1.54) is 19.3 Å². The number of amides is 2. The van der Waals surface area contributed by atoms with E-state index in [0.717, 1.165) is 43.9 Å². The summed E-state index contributed by atoms with van der Waals surface area (Å²) in [5, 5.41) is 6.30. The number of likely N-dealkylation sites (N-methyl/N-ethyl adjacent to an activating group) is 1. The van der Waals surface area contributed by atoms with E-state index < -0.39 is 0 Å². The highest BCUT2D eigenvalue weighted by molar-refractivity contribution is 6.00. The lowest BCUT2D eigenvalue weighted by atomic mass is 10.1. The number of anilines is 1. The van der Waals surface area contributed by atoms with Crippen LogP contribution in [0.25, 0.3) is 0 Å². The number of carbonyl (C=O) groups is 2. The van der Waals surface area contributed by atoms with Crippen LogP contribution in [0.3, 0.4) is 0 Å². The minimum Gasteiger partial charge on any atom is -0.495 e. The smallest absolute Gasteiger partial charge is 0.251 e. The molecule has 0 bridgehead atoms. The van der Waals surface area contributed by atoms with Crippen LogP contribution in [0.4, 0.5) is 5.69 Å². The van der Waals surface area contributed by atoms with E-state index in [0.29, 0.717) is 54.6 Å². The first kappa shape index (κ1) is 28.6. The molecular formula is C29H43N7O3. The molecule has 2 aliphatic heterocycles. The quantitative estimate of drug-likeness (QED) is 0.388. The van der Waals surface area contributed by atoms with Crippen LogP contribution in [-0.4, -0.2) is 91.6 Å². The fraction of sp³-hybridized carbons (Fsp3) is 0.586. The van der Waals surface area contributed by atoms with Gasteiger partial charge < -0.3 is 25.2 Å². The predicted octanol–water partition coefficient (Wildman–Crippen LogP) is 3.67. The number of nitrogens with one attached hydrogen (secondary N) is 2. The Bertz CT molecular complexity index is 1130. The van der Waals surface area contributed by atoms with E-state index in [4.69, 9.17) is 9.73 Å². The van der Waals surface area contributed by atoms with Crippen LogP contribution in [-0.2, 0) is 4.79 Å². The number of benzene rings is 1. The van der Waals surface area contributed by atoms with Crippen molar-refractivity contribution < 1.29 is 14.3 Å². The molecule has 4 rings (SSSR count). The van der Waals surface area contributed by atoms with Gasteiger partial charge in [-0.2, -0.15) is 4.99 Å². The number of nitrogens with zero attached hydrogens (tertiary/aromatic N) is 5. The third-order valence-corrected chi connectivity index (χ3v) is 8.28. The van der Waals surface area contributed by atoms with Gasteiger partial charge in [0.15, 0.2) is 5.82 Å². The molecule has 1 unspecified atom stereocenters. The van der Waals surface area contributed by atoms with Crippen molar-refractivity contribution in [3.05, 3.63) is 35.3 Å². The number of hydrogen-bond acceptors (Lipinski definition) is 6. The van der Waals surface area contributed by atoms with Crippen molar-refractivity contribution >= 4 is 30.2 Å². The van der Waals surface area contributed by atoms with Gasteiger partial charge in [-0.05, 0) is 70.6 Å². The Balaban J connectivity index is 1.53. The summed E-state index contributed by atoms with van der Waals surface area (Å²) in [7, 11) is 3.36. The summed E-state index contributed by atoms with van der Waals surface area (Å²) in [6.07, 6.45) is 7.26. The van der Waals surface area contributed by atoms with Gasteiger partial charge in [-0.1, -0.05) is 19.8 Å². The highest BCUT2D eigenvalue weighted by Gasteiger charge is 2.31. The Hall–Kier alpha value is -3.40. The average Bonchev–Trinajstić information content (AvgIpc) is 3.64. The van der Waals surface area contributed by atoms with E-state index in [2.05, 4.69) is 39.1 Å². The number of methoxy groups -OCH3 is 1. The normalized spacial score (nSPS) is 21.4. The molecule has 1 aliphatic carbocycles. The number of hydrogen-bond donors (Lipinski definition) is 2. The molecular weight excluding hydrogens is 494 g/mol. The average molecular weight is 538 g/mol. The van der Waals surface area contributed by atoms with Crippen LogP contribution in [0.15, 0.2) is 39.7 Å². The lowest BCUT2D eigenvalue weighted by Gasteiger charge is -2.31. The molecule has 2 amide bonds. The van der Waals surface area contributed by atoms with Crippen LogP contribution >= 0.6 is 0 Å². The van der Waals surface area contributed by atoms with Gasteiger partial charge in [-0.25, -0.2) is 4.99 Å². The number of guanidine groups is 1. The molecule has 0 radical (unpaired) electrons. The number of aliphatic imine (C=N–C) groups is 2. The summed E-state index contributed by atoms with van der Waals surface area (Å²) in [6, 6.07) is 6.02. The second kappa shape index (κ2) is 13.1. The fourth-order valence-electron chi connectivity index (χ4n) is 5.87. The Morgan fingerprint density at radius 3 is 2.64 bits per heavy atom. The molecule has 10 nitrogen and oxygen atoms in total. The molecule has 212 valence electrons. The fourth-order valence-corrected chi connectivity index (χ4v) is 5.87. The molecule has 2 heterocycles. The molecule has 3 aliphatic rings. The minimum atomic E-state index is -0.127. The van der Waals surface area contributed by atoms with Crippen molar-refractivity contribution in [3.8, 4) is 5.75 Å². The zero-order chi connectivity index (χ0) is 27.9. The molecule has 1 aromatic rings. The first-order chi connectivity index (χ1) is 18.9. The molecule has 1 saturated heterocycles. The summed E-state index contributed by atoms with van der Waals surface area (Å²) < 4.78 is 5.62. The number of likely N-dealkylation sites (tertiary alicyclic amines) is 1. The van der Waals surface area contributed by atoms with E-state index in [9.17, 15) is 9.59 Å². The summed E-state index contributed by atoms with van der Waals surface area (Å²) in [4.78, 5) is 40.9. The first-order valence-corrected chi connectivity index (χ1v) is 14.1. The van der Waals surface area contributed by atoms with Gasteiger partial charge in [0.2, 0.25) is 11.9 Å². The molecule has 0 spiro atoms. The van der Waals surface area contributed by atoms with Gasteiger partial charge in [0.1, 0.15) is 5.75 Å².